The molecule has 0 aliphatic carbocycles. The molecular weight excluding hydrogens is 278 g/mol. The zero-order chi connectivity index (χ0) is 15.1. The molecule has 0 spiro atoms. The maximum absolute atomic E-state index is 6.09. The molecule has 0 aliphatic rings. The predicted molar refractivity (Wildman–Crippen MR) is 93.2 cm³/mol. The van der Waals surface area contributed by atoms with Crippen molar-refractivity contribution >= 4 is 17.3 Å². The Kier molecular flexibility index (Phi) is 6.13. The molecule has 112 valence electrons. The number of hydrogen-bond donors (Lipinski definition) is 1. The van der Waals surface area contributed by atoms with E-state index in [-0.39, 0.29) is 0 Å². The molecule has 2 aromatic carbocycles. The fourth-order valence-corrected chi connectivity index (χ4v) is 2.69. The van der Waals surface area contributed by atoms with Crippen LogP contribution in [0.4, 0.5) is 5.69 Å². The normalized spacial score (nSPS) is 12.1. The van der Waals surface area contributed by atoms with Gasteiger partial charge in [0.2, 0.25) is 0 Å². The maximum Gasteiger partial charge on any atom is 0.0511 e. The Morgan fingerprint density at radius 2 is 1.81 bits per heavy atom. The van der Waals surface area contributed by atoms with Crippen molar-refractivity contribution < 1.29 is 0 Å². The van der Waals surface area contributed by atoms with Gasteiger partial charge in [-0.3, -0.25) is 0 Å². The second kappa shape index (κ2) is 8.09. The molecule has 1 nitrogen and oxygen atoms in total. The lowest BCUT2D eigenvalue weighted by Crippen LogP contribution is -2.09. The van der Waals surface area contributed by atoms with Gasteiger partial charge in [-0.25, -0.2) is 0 Å². The quantitative estimate of drug-likeness (QED) is 0.637. The van der Waals surface area contributed by atoms with Crippen molar-refractivity contribution in [2.45, 2.75) is 45.6 Å². The van der Waals surface area contributed by atoms with Crippen LogP contribution in [0.15, 0.2) is 48.5 Å². The third-order valence-corrected chi connectivity index (χ3v) is 4.01. The van der Waals surface area contributed by atoms with Crippen molar-refractivity contribution in [3.8, 4) is 0 Å². The molecule has 2 heteroatoms. The van der Waals surface area contributed by atoms with Crippen LogP contribution >= 0.6 is 11.6 Å². The Morgan fingerprint density at radius 3 is 2.43 bits per heavy atom. The van der Waals surface area contributed by atoms with E-state index >= 15 is 0 Å². The molecule has 1 unspecified atom stereocenters. The van der Waals surface area contributed by atoms with Crippen LogP contribution in [0.3, 0.4) is 0 Å². The first-order chi connectivity index (χ1) is 10.2. The van der Waals surface area contributed by atoms with Gasteiger partial charge >= 0.3 is 0 Å². The zero-order valence-corrected chi connectivity index (χ0v) is 13.7. The highest BCUT2D eigenvalue weighted by Crippen LogP contribution is 2.25. The molecule has 0 radical (unpaired) electrons. The highest BCUT2D eigenvalue weighted by atomic mass is 35.5. The number of aryl methyl sites for hydroxylation is 1. The number of halogens is 1. The summed E-state index contributed by atoms with van der Waals surface area (Å²) in [6.07, 6.45) is 4.69. The average Bonchev–Trinajstić information content (AvgIpc) is 2.51. The van der Waals surface area contributed by atoms with E-state index in [4.69, 9.17) is 11.6 Å². The number of hydrogen-bond acceptors (Lipinski definition) is 1. The number of rotatable bonds is 7. The smallest absolute Gasteiger partial charge is 0.0511 e. The topological polar surface area (TPSA) is 12.0 Å². The molecule has 21 heavy (non-hydrogen) atoms. The highest BCUT2D eigenvalue weighted by Gasteiger charge is 2.09. The second-order valence-corrected chi connectivity index (χ2v) is 5.90. The molecule has 0 aliphatic heterocycles. The Bertz CT molecular complexity index is 548. The minimum atomic E-state index is 0.296. The van der Waals surface area contributed by atoms with E-state index in [1.165, 1.54) is 36.1 Å². The lowest BCUT2D eigenvalue weighted by atomic mass is 10.0. The van der Waals surface area contributed by atoms with Crippen molar-refractivity contribution in [1.82, 2.24) is 0 Å². The summed E-state index contributed by atoms with van der Waals surface area (Å²) in [5.74, 6) is 0. The van der Waals surface area contributed by atoms with E-state index in [1.807, 2.05) is 18.2 Å². The predicted octanol–water partition coefficient (Wildman–Crippen LogP) is 6.25. The zero-order valence-electron chi connectivity index (χ0n) is 12.9. The van der Waals surface area contributed by atoms with Crippen LogP contribution < -0.4 is 5.32 Å². The molecule has 2 aromatic rings. The maximum atomic E-state index is 6.09. The molecule has 1 N–H and O–H groups in total. The molecule has 0 fully saturated rings. The lowest BCUT2D eigenvalue weighted by Gasteiger charge is -2.19. The molecule has 0 heterocycles. The summed E-state index contributed by atoms with van der Waals surface area (Å²) in [4.78, 5) is 0. The molecule has 0 aromatic heterocycles. The minimum Gasteiger partial charge on any atom is -0.378 e. The summed E-state index contributed by atoms with van der Waals surface area (Å²) >= 11 is 6.09. The Labute approximate surface area is 133 Å². The van der Waals surface area contributed by atoms with Gasteiger partial charge in [0, 0.05) is 10.7 Å². The third-order valence-electron chi connectivity index (χ3n) is 3.77. The molecule has 2 rings (SSSR count). The summed E-state index contributed by atoms with van der Waals surface area (Å²) in [5, 5.41) is 4.39. The van der Waals surface area contributed by atoms with Crippen molar-refractivity contribution in [2.75, 3.05) is 5.32 Å². The van der Waals surface area contributed by atoms with Gasteiger partial charge in [0.05, 0.1) is 6.04 Å². The van der Waals surface area contributed by atoms with Crippen LogP contribution in [0.1, 0.15) is 50.3 Å². The largest absolute Gasteiger partial charge is 0.378 e. The van der Waals surface area contributed by atoms with E-state index < -0.39 is 0 Å². The van der Waals surface area contributed by atoms with Gasteiger partial charge in [0.1, 0.15) is 0 Å². The Hall–Kier alpha value is -1.47. The van der Waals surface area contributed by atoms with Crippen molar-refractivity contribution in [1.29, 1.82) is 0 Å². The number of unbranched alkanes of at least 4 members (excludes halogenated alkanes) is 1. The number of nitrogens with one attached hydrogen (secondary N) is 1. The van der Waals surface area contributed by atoms with Gasteiger partial charge < -0.3 is 5.32 Å². The van der Waals surface area contributed by atoms with Gasteiger partial charge in [0.25, 0.3) is 0 Å². The molecule has 0 saturated heterocycles. The number of anilines is 1. The first-order valence-electron chi connectivity index (χ1n) is 7.84. The van der Waals surface area contributed by atoms with Crippen molar-refractivity contribution in [3.05, 3.63) is 64.7 Å². The Morgan fingerprint density at radius 1 is 1.05 bits per heavy atom. The van der Waals surface area contributed by atoms with Crippen molar-refractivity contribution in [2.24, 2.45) is 0 Å². The van der Waals surface area contributed by atoms with E-state index in [2.05, 4.69) is 49.5 Å². The van der Waals surface area contributed by atoms with Crippen LogP contribution in [0, 0.1) is 0 Å². The van der Waals surface area contributed by atoms with Gasteiger partial charge in [-0.1, -0.05) is 56.1 Å². The molecular formula is C19H24ClN. The van der Waals surface area contributed by atoms with Gasteiger partial charge in [-0.05, 0) is 54.7 Å². The van der Waals surface area contributed by atoms with Gasteiger partial charge in [-0.15, -0.1) is 0 Å². The van der Waals surface area contributed by atoms with Crippen LogP contribution in [0.25, 0.3) is 0 Å². The monoisotopic (exact) mass is 301 g/mol. The Balaban J connectivity index is 2.04. The van der Waals surface area contributed by atoms with E-state index in [0.29, 0.717) is 6.04 Å². The summed E-state index contributed by atoms with van der Waals surface area (Å²) < 4.78 is 0. The summed E-state index contributed by atoms with van der Waals surface area (Å²) in [6.45, 7) is 4.42. The summed E-state index contributed by atoms with van der Waals surface area (Å²) in [7, 11) is 0. The first kappa shape index (κ1) is 15.9. The molecule has 0 amide bonds. The van der Waals surface area contributed by atoms with Crippen LogP contribution in [-0.4, -0.2) is 0 Å². The lowest BCUT2D eigenvalue weighted by molar-refractivity contribution is 0.749. The van der Waals surface area contributed by atoms with E-state index in [0.717, 1.165) is 11.4 Å². The minimum absolute atomic E-state index is 0.296. The third kappa shape index (κ3) is 4.78. The van der Waals surface area contributed by atoms with E-state index in [9.17, 15) is 0 Å². The van der Waals surface area contributed by atoms with Gasteiger partial charge in [0.15, 0.2) is 0 Å². The van der Waals surface area contributed by atoms with Crippen LogP contribution in [0.5, 0.6) is 0 Å². The van der Waals surface area contributed by atoms with Gasteiger partial charge in [-0.2, -0.15) is 0 Å². The summed E-state index contributed by atoms with van der Waals surface area (Å²) in [5.41, 5.74) is 3.82. The first-order valence-corrected chi connectivity index (χ1v) is 8.21. The molecule has 0 bridgehead atoms. The van der Waals surface area contributed by atoms with Crippen LogP contribution in [0.2, 0.25) is 5.02 Å². The molecule has 0 saturated carbocycles. The van der Waals surface area contributed by atoms with Crippen LogP contribution in [-0.2, 0) is 6.42 Å². The number of benzene rings is 2. The summed E-state index contributed by atoms with van der Waals surface area (Å²) in [6, 6.07) is 17.2. The fourth-order valence-electron chi connectivity index (χ4n) is 2.49. The van der Waals surface area contributed by atoms with E-state index in [1.54, 1.807) is 0 Å². The highest BCUT2D eigenvalue weighted by molar-refractivity contribution is 6.30. The standard InChI is InChI=1S/C19H24ClN/c1-3-5-7-15-10-12-18(13-11-15)21-19(4-2)16-8-6-9-17(20)14-16/h6,8-14,19,21H,3-5,7H2,1-2H3. The molecule has 1 atom stereocenters. The SMILES string of the molecule is CCCCc1ccc(NC(CC)c2cccc(Cl)c2)cc1. The second-order valence-electron chi connectivity index (χ2n) is 5.46. The fraction of sp³-hybridized carbons (Fsp3) is 0.368. The average molecular weight is 302 g/mol. The van der Waals surface area contributed by atoms with Crippen molar-refractivity contribution in [3.63, 3.8) is 0 Å².